The third-order valence-electron chi connectivity index (χ3n) is 3.48. The van der Waals surface area contributed by atoms with Crippen LogP contribution in [0.3, 0.4) is 0 Å². The molecule has 1 aromatic carbocycles. The Kier molecular flexibility index (Phi) is 3.62. The molecular weight excluding hydrogens is 264 g/mol. The van der Waals surface area contributed by atoms with Crippen molar-refractivity contribution in [2.45, 2.75) is 26.4 Å². The number of aliphatic hydroxyl groups excluding tert-OH is 1. The number of benzene rings is 1. The van der Waals surface area contributed by atoms with E-state index in [4.69, 9.17) is 4.74 Å². The molecule has 21 heavy (non-hydrogen) atoms. The number of nitrogens with zero attached hydrogens (tertiary/aromatic N) is 2. The van der Waals surface area contributed by atoms with Crippen molar-refractivity contribution in [2.75, 3.05) is 0 Å². The Morgan fingerprint density at radius 1 is 1.19 bits per heavy atom. The van der Waals surface area contributed by atoms with Crippen LogP contribution in [0.15, 0.2) is 48.7 Å². The SMILES string of the molecule is CC(C)c1cccc(Oc2nc3ccccn3c2CO)c1. The zero-order valence-electron chi connectivity index (χ0n) is 12.2. The molecule has 0 atom stereocenters. The van der Waals surface area contributed by atoms with E-state index < -0.39 is 0 Å². The summed E-state index contributed by atoms with van der Waals surface area (Å²) in [5.41, 5.74) is 2.62. The summed E-state index contributed by atoms with van der Waals surface area (Å²) in [6.07, 6.45) is 1.87. The van der Waals surface area contributed by atoms with Gasteiger partial charge in [-0.15, -0.1) is 0 Å². The summed E-state index contributed by atoms with van der Waals surface area (Å²) in [7, 11) is 0. The number of hydrogen-bond acceptors (Lipinski definition) is 3. The molecule has 4 nitrogen and oxygen atoms in total. The van der Waals surface area contributed by atoms with Gasteiger partial charge in [0.25, 0.3) is 0 Å². The average Bonchev–Trinajstić information content (AvgIpc) is 2.84. The third-order valence-corrected chi connectivity index (χ3v) is 3.48. The number of imidazole rings is 1. The lowest BCUT2D eigenvalue weighted by molar-refractivity contribution is 0.269. The fourth-order valence-electron chi connectivity index (χ4n) is 2.30. The molecule has 0 unspecified atom stereocenters. The van der Waals surface area contributed by atoms with Crippen molar-refractivity contribution in [2.24, 2.45) is 0 Å². The Balaban J connectivity index is 2.00. The summed E-state index contributed by atoms with van der Waals surface area (Å²) < 4.78 is 7.72. The van der Waals surface area contributed by atoms with Crippen LogP contribution in [0.25, 0.3) is 5.65 Å². The number of fused-ring (bicyclic) bond motifs is 1. The molecule has 0 aliphatic rings. The van der Waals surface area contributed by atoms with Gasteiger partial charge in [0, 0.05) is 6.20 Å². The normalized spacial score (nSPS) is 11.2. The van der Waals surface area contributed by atoms with Gasteiger partial charge in [0.15, 0.2) is 0 Å². The highest BCUT2D eigenvalue weighted by atomic mass is 16.5. The summed E-state index contributed by atoms with van der Waals surface area (Å²) in [5, 5.41) is 9.59. The molecule has 0 saturated heterocycles. The van der Waals surface area contributed by atoms with Crippen LogP contribution in [0, 0.1) is 0 Å². The Bertz CT molecular complexity index is 762. The number of aliphatic hydroxyl groups is 1. The van der Waals surface area contributed by atoms with Crippen molar-refractivity contribution in [1.29, 1.82) is 0 Å². The first kappa shape index (κ1) is 13.6. The maximum atomic E-state index is 9.59. The number of aromatic nitrogens is 2. The molecule has 3 aromatic rings. The highest BCUT2D eigenvalue weighted by Crippen LogP contribution is 2.28. The zero-order chi connectivity index (χ0) is 14.8. The Morgan fingerprint density at radius 2 is 2.05 bits per heavy atom. The predicted octanol–water partition coefficient (Wildman–Crippen LogP) is 3.74. The maximum Gasteiger partial charge on any atom is 0.243 e. The van der Waals surface area contributed by atoms with Crippen LogP contribution in [-0.2, 0) is 6.61 Å². The largest absolute Gasteiger partial charge is 0.437 e. The molecule has 0 aliphatic heterocycles. The minimum absolute atomic E-state index is 0.121. The van der Waals surface area contributed by atoms with Crippen LogP contribution in [0.5, 0.6) is 11.6 Å². The Labute approximate surface area is 123 Å². The molecule has 0 radical (unpaired) electrons. The standard InChI is InChI=1S/C17H18N2O2/c1-12(2)13-6-5-7-14(10-13)21-17-15(11-20)19-9-4-3-8-16(19)18-17/h3-10,12,20H,11H2,1-2H3. The molecule has 0 amide bonds. The van der Waals surface area contributed by atoms with E-state index in [9.17, 15) is 5.11 Å². The smallest absolute Gasteiger partial charge is 0.243 e. The molecule has 108 valence electrons. The minimum atomic E-state index is -0.121. The van der Waals surface area contributed by atoms with Gasteiger partial charge in [-0.1, -0.05) is 32.0 Å². The van der Waals surface area contributed by atoms with Crippen molar-refractivity contribution in [1.82, 2.24) is 9.38 Å². The van der Waals surface area contributed by atoms with Crippen LogP contribution in [0.1, 0.15) is 31.0 Å². The first-order valence-electron chi connectivity index (χ1n) is 7.03. The molecule has 4 heteroatoms. The molecule has 0 bridgehead atoms. The molecule has 0 saturated carbocycles. The number of pyridine rings is 1. The van der Waals surface area contributed by atoms with Crippen LogP contribution in [-0.4, -0.2) is 14.5 Å². The topological polar surface area (TPSA) is 46.8 Å². The van der Waals surface area contributed by atoms with Crippen molar-refractivity contribution >= 4 is 5.65 Å². The molecule has 0 aliphatic carbocycles. The van der Waals surface area contributed by atoms with Crippen molar-refractivity contribution in [3.8, 4) is 11.6 Å². The van der Waals surface area contributed by atoms with Gasteiger partial charge < -0.3 is 9.84 Å². The van der Waals surface area contributed by atoms with Gasteiger partial charge in [-0.05, 0) is 35.7 Å². The van der Waals surface area contributed by atoms with Crippen LogP contribution >= 0.6 is 0 Å². The van der Waals surface area contributed by atoms with E-state index in [0.29, 0.717) is 17.5 Å². The quantitative estimate of drug-likeness (QED) is 0.793. The second kappa shape index (κ2) is 5.58. The van der Waals surface area contributed by atoms with Crippen molar-refractivity contribution in [3.05, 3.63) is 59.9 Å². The molecule has 1 N–H and O–H groups in total. The first-order valence-corrected chi connectivity index (χ1v) is 7.03. The first-order chi connectivity index (χ1) is 10.2. The summed E-state index contributed by atoms with van der Waals surface area (Å²) in [5.74, 6) is 1.62. The summed E-state index contributed by atoms with van der Waals surface area (Å²) in [6, 6.07) is 13.7. The molecule has 2 aromatic heterocycles. The number of hydrogen-bond donors (Lipinski definition) is 1. The zero-order valence-corrected chi connectivity index (χ0v) is 12.2. The maximum absolute atomic E-state index is 9.59. The van der Waals surface area contributed by atoms with Gasteiger partial charge in [0.1, 0.15) is 17.1 Å². The summed E-state index contributed by atoms with van der Waals surface area (Å²) >= 11 is 0. The van der Waals surface area contributed by atoms with Crippen molar-refractivity contribution in [3.63, 3.8) is 0 Å². The van der Waals surface area contributed by atoms with Gasteiger partial charge in [-0.2, -0.15) is 4.98 Å². The van der Waals surface area contributed by atoms with E-state index in [1.165, 1.54) is 5.56 Å². The summed E-state index contributed by atoms with van der Waals surface area (Å²) in [6.45, 7) is 4.16. The van der Waals surface area contributed by atoms with Crippen LogP contribution in [0.2, 0.25) is 0 Å². The van der Waals surface area contributed by atoms with Gasteiger partial charge >= 0.3 is 0 Å². The van der Waals surface area contributed by atoms with Crippen LogP contribution in [0.4, 0.5) is 0 Å². The summed E-state index contributed by atoms with van der Waals surface area (Å²) in [4.78, 5) is 4.43. The third kappa shape index (κ3) is 2.62. The number of ether oxygens (including phenoxy) is 1. The second-order valence-corrected chi connectivity index (χ2v) is 5.28. The molecular formula is C17H18N2O2. The molecule has 0 spiro atoms. The van der Waals surface area contributed by atoms with Gasteiger partial charge in [0.05, 0.1) is 6.61 Å². The van der Waals surface area contributed by atoms with E-state index >= 15 is 0 Å². The molecule has 0 fully saturated rings. The highest BCUT2D eigenvalue weighted by molar-refractivity contribution is 5.46. The monoisotopic (exact) mass is 282 g/mol. The van der Waals surface area contributed by atoms with Gasteiger partial charge in [0.2, 0.25) is 5.88 Å². The lowest BCUT2D eigenvalue weighted by Crippen LogP contribution is -1.95. The predicted molar refractivity (Wildman–Crippen MR) is 81.7 cm³/mol. The van der Waals surface area contributed by atoms with E-state index in [-0.39, 0.29) is 6.61 Å². The highest BCUT2D eigenvalue weighted by Gasteiger charge is 2.13. The van der Waals surface area contributed by atoms with E-state index in [2.05, 4.69) is 24.9 Å². The lowest BCUT2D eigenvalue weighted by Gasteiger charge is -2.09. The minimum Gasteiger partial charge on any atom is -0.437 e. The van der Waals surface area contributed by atoms with E-state index in [1.807, 2.05) is 47.0 Å². The fourth-order valence-corrected chi connectivity index (χ4v) is 2.30. The second-order valence-electron chi connectivity index (χ2n) is 5.28. The number of rotatable bonds is 4. The van der Waals surface area contributed by atoms with Gasteiger partial charge in [-0.25, -0.2) is 0 Å². The Morgan fingerprint density at radius 3 is 2.81 bits per heavy atom. The van der Waals surface area contributed by atoms with Crippen LogP contribution < -0.4 is 4.74 Å². The van der Waals surface area contributed by atoms with Gasteiger partial charge in [-0.3, -0.25) is 4.40 Å². The molecule has 3 rings (SSSR count). The van der Waals surface area contributed by atoms with E-state index in [0.717, 1.165) is 11.4 Å². The lowest BCUT2D eigenvalue weighted by atomic mass is 10.0. The Hall–Kier alpha value is -2.33. The van der Waals surface area contributed by atoms with Crippen molar-refractivity contribution < 1.29 is 9.84 Å². The average molecular weight is 282 g/mol. The van der Waals surface area contributed by atoms with E-state index in [1.54, 1.807) is 0 Å². The fraction of sp³-hybridized carbons (Fsp3) is 0.235. The molecule has 2 heterocycles.